The largest absolute Gasteiger partial charge is 0.337 e. The molecule has 3 heteroatoms. The van der Waals surface area contributed by atoms with Crippen molar-refractivity contribution in [1.29, 1.82) is 0 Å². The second-order valence-corrected chi connectivity index (χ2v) is 7.08. The zero-order valence-electron chi connectivity index (χ0n) is 11.1. The van der Waals surface area contributed by atoms with Crippen LogP contribution in [0.3, 0.4) is 0 Å². The van der Waals surface area contributed by atoms with Gasteiger partial charge in [0.1, 0.15) is 0 Å². The van der Waals surface area contributed by atoms with E-state index in [0.29, 0.717) is 29.3 Å². The number of piperidine rings is 1. The van der Waals surface area contributed by atoms with Crippen molar-refractivity contribution in [1.82, 2.24) is 4.90 Å². The molecule has 18 heavy (non-hydrogen) atoms. The summed E-state index contributed by atoms with van der Waals surface area (Å²) in [6.07, 6.45) is 11.8. The van der Waals surface area contributed by atoms with Gasteiger partial charge in [0, 0.05) is 23.9 Å². The molecule has 1 amide bonds. The summed E-state index contributed by atoms with van der Waals surface area (Å²) in [7, 11) is 0. The van der Waals surface area contributed by atoms with Crippen LogP contribution < -0.4 is 0 Å². The highest BCUT2D eigenvalue weighted by atomic mass is 35.5. The van der Waals surface area contributed by atoms with Gasteiger partial charge in [0.15, 0.2) is 0 Å². The Hall–Kier alpha value is -0.240. The number of alkyl halides is 1. The third-order valence-electron chi connectivity index (χ3n) is 5.15. The molecule has 102 valence electrons. The molecular formula is C15H24ClNO. The van der Waals surface area contributed by atoms with Gasteiger partial charge >= 0.3 is 0 Å². The third-order valence-corrected chi connectivity index (χ3v) is 5.51. The molecule has 2 unspecified atom stereocenters. The monoisotopic (exact) mass is 269 g/mol. The van der Waals surface area contributed by atoms with E-state index in [1.54, 1.807) is 0 Å². The first-order valence-electron chi connectivity index (χ1n) is 7.69. The molecule has 0 aromatic rings. The summed E-state index contributed by atoms with van der Waals surface area (Å²) < 4.78 is 0. The molecule has 1 saturated carbocycles. The molecule has 1 aliphatic carbocycles. The second kappa shape index (κ2) is 5.40. The standard InChI is InChI=1S/C15H24ClNO/c16-12-9-13-6-7-14(10-12)17(13)15(18)8-11-4-2-1-3-5-11/h11-14H,1-10H2. The molecule has 3 fully saturated rings. The molecule has 3 aliphatic rings. The lowest BCUT2D eigenvalue weighted by Crippen LogP contribution is -2.47. The maximum Gasteiger partial charge on any atom is 0.223 e. The molecule has 2 aliphatic heterocycles. The van der Waals surface area contributed by atoms with Crippen molar-refractivity contribution in [2.75, 3.05) is 0 Å². The van der Waals surface area contributed by atoms with Gasteiger partial charge in [-0.3, -0.25) is 4.79 Å². The van der Waals surface area contributed by atoms with Crippen LogP contribution in [0.1, 0.15) is 64.2 Å². The zero-order valence-corrected chi connectivity index (χ0v) is 11.9. The summed E-state index contributed by atoms with van der Waals surface area (Å²) in [5.74, 6) is 1.09. The predicted molar refractivity (Wildman–Crippen MR) is 73.7 cm³/mol. The fraction of sp³-hybridized carbons (Fsp3) is 0.933. The van der Waals surface area contributed by atoms with E-state index in [2.05, 4.69) is 4.90 Å². The van der Waals surface area contributed by atoms with E-state index in [1.807, 2.05) is 0 Å². The van der Waals surface area contributed by atoms with Crippen molar-refractivity contribution in [3.63, 3.8) is 0 Å². The van der Waals surface area contributed by atoms with E-state index in [9.17, 15) is 4.79 Å². The minimum Gasteiger partial charge on any atom is -0.337 e. The highest BCUT2D eigenvalue weighted by Gasteiger charge is 2.42. The van der Waals surface area contributed by atoms with E-state index >= 15 is 0 Å². The van der Waals surface area contributed by atoms with E-state index in [4.69, 9.17) is 11.6 Å². The first kappa shape index (κ1) is 12.8. The quantitative estimate of drug-likeness (QED) is 0.700. The Morgan fingerprint density at radius 2 is 1.61 bits per heavy atom. The lowest BCUT2D eigenvalue weighted by Gasteiger charge is -2.38. The van der Waals surface area contributed by atoms with Gasteiger partial charge in [-0.25, -0.2) is 0 Å². The van der Waals surface area contributed by atoms with Crippen LogP contribution in [0.2, 0.25) is 0 Å². The fourth-order valence-electron chi connectivity index (χ4n) is 4.26. The zero-order chi connectivity index (χ0) is 12.5. The Labute approximate surface area is 115 Å². The smallest absolute Gasteiger partial charge is 0.223 e. The van der Waals surface area contributed by atoms with Gasteiger partial charge in [0.05, 0.1) is 0 Å². The maximum atomic E-state index is 12.5. The number of nitrogens with zero attached hydrogens (tertiary/aromatic N) is 1. The molecule has 0 aromatic carbocycles. The number of hydrogen-bond donors (Lipinski definition) is 0. The van der Waals surface area contributed by atoms with E-state index in [1.165, 1.54) is 44.9 Å². The number of hydrogen-bond acceptors (Lipinski definition) is 1. The van der Waals surface area contributed by atoms with Crippen molar-refractivity contribution < 1.29 is 4.79 Å². The highest BCUT2D eigenvalue weighted by Crippen LogP contribution is 2.39. The normalized spacial score (nSPS) is 36.9. The van der Waals surface area contributed by atoms with Crippen molar-refractivity contribution in [3.05, 3.63) is 0 Å². The van der Waals surface area contributed by atoms with Crippen molar-refractivity contribution in [2.24, 2.45) is 5.92 Å². The van der Waals surface area contributed by atoms with Crippen LogP contribution in [0.4, 0.5) is 0 Å². The average Bonchev–Trinajstić information content (AvgIpc) is 2.63. The van der Waals surface area contributed by atoms with Crippen LogP contribution in [-0.4, -0.2) is 28.3 Å². The fourth-order valence-corrected chi connectivity index (χ4v) is 4.67. The second-order valence-electron chi connectivity index (χ2n) is 6.46. The number of carbonyl (C=O) groups is 1. The first-order chi connectivity index (χ1) is 8.74. The lowest BCUT2D eigenvalue weighted by molar-refractivity contribution is -0.136. The van der Waals surface area contributed by atoms with Crippen LogP contribution in [0, 0.1) is 5.92 Å². The van der Waals surface area contributed by atoms with Gasteiger partial charge < -0.3 is 4.90 Å². The SMILES string of the molecule is O=C(CC1CCCCC1)N1C2CCC1CC(Cl)C2. The number of carbonyl (C=O) groups excluding carboxylic acids is 1. The third kappa shape index (κ3) is 2.54. The predicted octanol–water partition coefficient (Wildman–Crippen LogP) is 3.72. The Morgan fingerprint density at radius 3 is 2.22 bits per heavy atom. The van der Waals surface area contributed by atoms with Gasteiger partial charge in [-0.05, 0) is 44.4 Å². The molecule has 2 nitrogen and oxygen atoms in total. The van der Waals surface area contributed by atoms with Crippen LogP contribution in [0.5, 0.6) is 0 Å². The Morgan fingerprint density at radius 1 is 1.00 bits per heavy atom. The molecule has 0 aromatic heterocycles. The number of halogens is 1. The van der Waals surface area contributed by atoms with Crippen LogP contribution in [-0.2, 0) is 4.79 Å². The lowest BCUT2D eigenvalue weighted by atomic mass is 9.86. The van der Waals surface area contributed by atoms with E-state index in [-0.39, 0.29) is 0 Å². The van der Waals surface area contributed by atoms with Crippen LogP contribution in [0.25, 0.3) is 0 Å². The molecule has 2 atom stereocenters. The summed E-state index contributed by atoms with van der Waals surface area (Å²) in [5.41, 5.74) is 0. The van der Waals surface area contributed by atoms with Gasteiger partial charge in [0.25, 0.3) is 0 Å². The summed E-state index contributed by atoms with van der Waals surface area (Å²) >= 11 is 6.27. The Bertz CT molecular complexity index is 300. The number of fused-ring (bicyclic) bond motifs is 2. The summed E-state index contributed by atoms with van der Waals surface area (Å²) in [6, 6.07) is 0.921. The maximum absolute atomic E-state index is 12.5. The topological polar surface area (TPSA) is 20.3 Å². The molecule has 0 radical (unpaired) electrons. The summed E-state index contributed by atoms with van der Waals surface area (Å²) in [5, 5.41) is 0.307. The van der Waals surface area contributed by atoms with Crippen molar-refractivity contribution in [2.45, 2.75) is 81.7 Å². The summed E-state index contributed by atoms with van der Waals surface area (Å²) in [4.78, 5) is 14.7. The van der Waals surface area contributed by atoms with Crippen LogP contribution in [0.15, 0.2) is 0 Å². The molecule has 2 bridgehead atoms. The van der Waals surface area contributed by atoms with Crippen molar-refractivity contribution in [3.8, 4) is 0 Å². The van der Waals surface area contributed by atoms with E-state index in [0.717, 1.165) is 19.3 Å². The molecule has 0 N–H and O–H groups in total. The van der Waals surface area contributed by atoms with Gasteiger partial charge in [-0.15, -0.1) is 11.6 Å². The molecule has 3 rings (SSSR count). The number of rotatable bonds is 2. The van der Waals surface area contributed by atoms with Gasteiger partial charge in [0.2, 0.25) is 5.91 Å². The summed E-state index contributed by atoms with van der Waals surface area (Å²) in [6.45, 7) is 0. The van der Waals surface area contributed by atoms with Crippen LogP contribution >= 0.6 is 11.6 Å². The molecule has 2 saturated heterocycles. The number of amides is 1. The average molecular weight is 270 g/mol. The van der Waals surface area contributed by atoms with Crippen molar-refractivity contribution >= 4 is 17.5 Å². The van der Waals surface area contributed by atoms with Gasteiger partial charge in [-0.1, -0.05) is 19.3 Å². The molecule has 2 heterocycles. The molecule has 0 spiro atoms. The minimum absolute atomic E-state index is 0.307. The Balaban J connectivity index is 1.59. The first-order valence-corrected chi connectivity index (χ1v) is 8.13. The molecular weight excluding hydrogens is 246 g/mol. The Kier molecular flexibility index (Phi) is 3.83. The minimum atomic E-state index is 0.307. The van der Waals surface area contributed by atoms with Gasteiger partial charge in [-0.2, -0.15) is 0 Å². The highest BCUT2D eigenvalue weighted by molar-refractivity contribution is 6.20. The van der Waals surface area contributed by atoms with E-state index < -0.39 is 0 Å².